The number of fused-ring (bicyclic) bond motifs is 3. The molecule has 34 heavy (non-hydrogen) atoms. The number of aromatic nitrogens is 2. The topological polar surface area (TPSA) is 113 Å². The first-order valence-electron chi connectivity index (χ1n) is 9.83. The molecule has 0 aliphatic heterocycles. The molecule has 0 atom stereocenters. The minimum absolute atomic E-state index is 0. The van der Waals surface area contributed by atoms with Crippen molar-refractivity contribution in [2.45, 2.75) is 4.90 Å². The first kappa shape index (κ1) is 23.8. The minimum Gasteiger partial charge on any atom is -0.507 e. The summed E-state index contributed by atoms with van der Waals surface area (Å²) in [5, 5.41) is 11.5. The maximum Gasteiger partial charge on any atom is 0.295 e. The monoisotopic (exact) mass is 516 g/mol. The number of rotatable bonds is 4. The summed E-state index contributed by atoms with van der Waals surface area (Å²) in [6.45, 7) is 0. The molecule has 0 unspecified atom stereocenters. The van der Waals surface area contributed by atoms with Gasteiger partial charge < -0.3 is 14.8 Å². The predicted molar refractivity (Wildman–Crippen MR) is 135 cm³/mol. The molecule has 5 rings (SSSR count). The number of H-pyrrole nitrogens is 1. The Kier molecular flexibility index (Phi) is 6.18. The number of phenols is 1. The van der Waals surface area contributed by atoms with Crippen LogP contribution in [-0.4, -0.2) is 35.2 Å². The normalized spacial score (nSPS) is 11.5. The van der Waals surface area contributed by atoms with Crippen LogP contribution in [0.1, 0.15) is 0 Å². The number of nitrogens with one attached hydrogen (secondary N) is 1. The molecule has 0 radical (unpaired) electrons. The van der Waals surface area contributed by atoms with Gasteiger partial charge in [-0.25, -0.2) is 4.98 Å². The molecule has 0 spiro atoms. The van der Waals surface area contributed by atoms with E-state index in [1.807, 2.05) is 30.3 Å². The number of aromatic hydroxyl groups is 1. The molecule has 3 N–H and O–H groups in total. The van der Waals surface area contributed by atoms with E-state index in [-0.39, 0.29) is 33.8 Å². The number of nitrogens with zero attached hydrogens (tertiary/aromatic N) is 1. The van der Waals surface area contributed by atoms with Crippen molar-refractivity contribution >= 4 is 55.9 Å². The maximum absolute atomic E-state index is 12.0. The highest BCUT2D eigenvalue weighted by molar-refractivity contribution is 7.86. The fraction of sp³-hybridized carbons (Fsp3) is 0.0417. The lowest BCUT2D eigenvalue weighted by Crippen LogP contribution is -1.99. The Hall–Kier alpha value is -3.30. The molecule has 7 nitrogen and oxygen atoms in total. The van der Waals surface area contributed by atoms with Crippen LogP contribution in [0.2, 0.25) is 5.02 Å². The Labute approximate surface area is 206 Å². The van der Waals surface area contributed by atoms with Gasteiger partial charge in [0.25, 0.3) is 10.1 Å². The molecule has 0 saturated heterocycles. The Bertz CT molecular complexity index is 1650. The van der Waals surface area contributed by atoms with Gasteiger partial charge in [-0.05, 0) is 35.9 Å². The lowest BCUT2D eigenvalue weighted by Gasteiger charge is -2.12. The molecule has 0 aliphatic rings. The van der Waals surface area contributed by atoms with Crippen molar-refractivity contribution in [3.8, 4) is 34.0 Å². The van der Waals surface area contributed by atoms with Crippen LogP contribution in [0.3, 0.4) is 0 Å². The van der Waals surface area contributed by atoms with Gasteiger partial charge in [-0.1, -0.05) is 48.0 Å². The zero-order chi connectivity index (χ0) is 23.3. The van der Waals surface area contributed by atoms with Crippen molar-refractivity contribution in [1.29, 1.82) is 0 Å². The zero-order valence-electron chi connectivity index (χ0n) is 17.6. The number of hydrogen-bond donors (Lipinski definition) is 3. The van der Waals surface area contributed by atoms with E-state index in [4.69, 9.17) is 16.3 Å². The summed E-state index contributed by atoms with van der Waals surface area (Å²) in [5.41, 5.74) is 3.05. The molecule has 4 aromatic carbocycles. The van der Waals surface area contributed by atoms with Crippen molar-refractivity contribution in [2.24, 2.45) is 0 Å². The number of hydrogen-bond acceptors (Lipinski definition) is 5. The summed E-state index contributed by atoms with van der Waals surface area (Å²) in [5.74, 6) is 0.819. The van der Waals surface area contributed by atoms with Crippen molar-refractivity contribution < 1.29 is 22.8 Å². The SMILES string of the molecule is COc1c(-c2ccc(Cl)cc2)cccc1-c1nc2c(cc(S(=O)(=O)O)c3cccc(O)c32)[nH]1.Cl. The van der Waals surface area contributed by atoms with E-state index in [2.05, 4.69) is 9.97 Å². The molecule has 0 saturated carbocycles. The van der Waals surface area contributed by atoms with Crippen LogP contribution in [0.15, 0.2) is 71.6 Å². The highest BCUT2D eigenvalue weighted by Crippen LogP contribution is 2.41. The van der Waals surface area contributed by atoms with Crippen LogP contribution in [0, 0.1) is 0 Å². The van der Waals surface area contributed by atoms with Crippen LogP contribution in [0.25, 0.3) is 44.3 Å². The number of imidazole rings is 1. The summed E-state index contributed by atoms with van der Waals surface area (Å²) in [7, 11) is -2.99. The van der Waals surface area contributed by atoms with Crippen molar-refractivity contribution in [1.82, 2.24) is 9.97 Å². The molecule has 0 fully saturated rings. The smallest absolute Gasteiger partial charge is 0.295 e. The van der Waals surface area contributed by atoms with E-state index >= 15 is 0 Å². The Morgan fingerprint density at radius 3 is 2.35 bits per heavy atom. The van der Waals surface area contributed by atoms with Crippen LogP contribution in [0.5, 0.6) is 11.5 Å². The number of ether oxygens (including phenoxy) is 1. The van der Waals surface area contributed by atoms with E-state index in [0.717, 1.165) is 11.1 Å². The molecule has 5 aromatic rings. The second kappa shape index (κ2) is 8.81. The number of para-hydroxylation sites is 1. The Morgan fingerprint density at radius 1 is 1.00 bits per heavy atom. The summed E-state index contributed by atoms with van der Waals surface area (Å²) in [4.78, 5) is 7.45. The largest absolute Gasteiger partial charge is 0.507 e. The molecule has 174 valence electrons. The zero-order valence-corrected chi connectivity index (χ0v) is 20.0. The van der Waals surface area contributed by atoms with E-state index in [1.54, 1.807) is 19.2 Å². The third-order valence-electron chi connectivity index (χ3n) is 5.46. The van der Waals surface area contributed by atoms with Gasteiger partial charge in [-0.15, -0.1) is 12.4 Å². The summed E-state index contributed by atoms with van der Waals surface area (Å²) in [6.07, 6.45) is 0. The van der Waals surface area contributed by atoms with Crippen LogP contribution in [0.4, 0.5) is 0 Å². The van der Waals surface area contributed by atoms with Gasteiger partial charge >= 0.3 is 0 Å². The second-order valence-corrected chi connectivity index (χ2v) is 9.25. The molecular weight excluding hydrogens is 499 g/mol. The third-order valence-corrected chi connectivity index (χ3v) is 6.60. The summed E-state index contributed by atoms with van der Waals surface area (Å²) >= 11 is 6.02. The summed E-state index contributed by atoms with van der Waals surface area (Å²) < 4.78 is 39.5. The number of phenolic OH excluding ortho intramolecular Hbond substituents is 1. The van der Waals surface area contributed by atoms with E-state index in [1.165, 1.54) is 24.3 Å². The first-order valence-corrected chi connectivity index (χ1v) is 11.6. The average molecular weight is 517 g/mol. The second-order valence-electron chi connectivity index (χ2n) is 7.42. The molecular formula is C24H18Cl2N2O5S. The Morgan fingerprint density at radius 2 is 1.68 bits per heavy atom. The Balaban J connectivity index is 0.00000274. The fourth-order valence-corrected chi connectivity index (χ4v) is 4.87. The molecule has 1 heterocycles. The van der Waals surface area contributed by atoms with Gasteiger partial charge in [0.2, 0.25) is 0 Å². The van der Waals surface area contributed by atoms with Gasteiger partial charge in [0.15, 0.2) is 0 Å². The molecule has 0 aliphatic carbocycles. The van der Waals surface area contributed by atoms with E-state index in [0.29, 0.717) is 33.2 Å². The van der Waals surface area contributed by atoms with Crippen molar-refractivity contribution in [3.63, 3.8) is 0 Å². The van der Waals surface area contributed by atoms with E-state index in [9.17, 15) is 18.1 Å². The lowest BCUT2D eigenvalue weighted by atomic mass is 10.0. The highest BCUT2D eigenvalue weighted by Gasteiger charge is 2.22. The van der Waals surface area contributed by atoms with Gasteiger partial charge in [0.05, 0.1) is 23.6 Å². The maximum atomic E-state index is 12.0. The van der Waals surface area contributed by atoms with Crippen molar-refractivity contribution in [2.75, 3.05) is 7.11 Å². The minimum atomic E-state index is -4.55. The van der Waals surface area contributed by atoms with Crippen LogP contribution >= 0.6 is 24.0 Å². The fourth-order valence-electron chi connectivity index (χ4n) is 4.03. The predicted octanol–water partition coefficient (Wildman–Crippen LogP) is 6.09. The number of benzene rings is 4. The van der Waals surface area contributed by atoms with Gasteiger partial charge in [-0.2, -0.15) is 8.42 Å². The number of halogens is 2. The summed E-state index contributed by atoms with van der Waals surface area (Å²) in [6, 6.07) is 18.7. The van der Waals surface area contributed by atoms with Gasteiger partial charge in [0, 0.05) is 16.0 Å². The van der Waals surface area contributed by atoms with Crippen molar-refractivity contribution in [3.05, 3.63) is 71.8 Å². The van der Waals surface area contributed by atoms with Gasteiger partial charge in [0.1, 0.15) is 27.7 Å². The molecule has 1 aromatic heterocycles. The third kappa shape index (κ3) is 3.95. The average Bonchev–Trinajstić information content (AvgIpc) is 3.22. The quantitative estimate of drug-likeness (QED) is 0.249. The molecule has 0 bridgehead atoms. The first-order chi connectivity index (χ1) is 15.8. The number of aromatic amines is 1. The van der Waals surface area contributed by atoms with Crippen LogP contribution in [-0.2, 0) is 10.1 Å². The standard InChI is InChI=1S/C24H17ClN2O5S.ClH/c1-32-23-15(13-8-10-14(25)11-9-13)4-2-6-17(23)24-26-18-12-20(33(29,30)31)16-5-3-7-19(28)21(16)22(18)27-24;/h2-12,28H,1H3,(H,26,27)(H,29,30,31);1H. The van der Waals surface area contributed by atoms with E-state index < -0.39 is 10.1 Å². The van der Waals surface area contributed by atoms with Crippen LogP contribution < -0.4 is 4.74 Å². The lowest BCUT2D eigenvalue weighted by molar-refractivity contribution is 0.418. The highest BCUT2D eigenvalue weighted by atomic mass is 35.5. The number of methoxy groups -OCH3 is 1. The van der Waals surface area contributed by atoms with Gasteiger partial charge in [-0.3, -0.25) is 4.55 Å². The molecule has 0 amide bonds. The molecule has 10 heteroatoms.